The molecule has 2 atom stereocenters. The Labute approximate surface area is 130 Å². The number of aliphatic hydroxyl groups excluding tert-OH is 1. The molecule has 1 amide bonds. The van der Waals surface area contributed by atoms with E-state index in [0.717, 1.165) is 0 Å². The molecule has 0 radical (unpaired) electrons. The molecule has 0 aromatic carbocycles. The molecule has 1 fully saturated rings. The highest BCUT2D eigenvalue weighted by Gasteiger charge is 2.28. The van der Waals surface area contributed by atoms with E-state index in [1.807, 2.05) is 13.8 Å². The lowest BCUT2D eigenvalue weighted by Crippen LogP contribution is -2.51. The van der Waals surface area contributed by atoms with Gasteiger partial charge in [-0.2, -0.15) is 0 Å². The Morgan fingerprint density at radius 1 is 1.59 bits per heavy atom. The number of nitrogens with zero attached hydrogens (tertiary/aromatic N) is 2. The van der Waals surface area contributed by atoms with Crippen molar-refractivity contribution >= 4 is 5.91 Å². The summed E-state index contributed by atoms with van der Waals surface area (Å²) in [4.78, 5) is 20.8. The molecule has 1 aliphatic heterocycles. The van der Waals surface area contributed by atoms with Gasteiger partial charge in [0.1, 0.15) is 11.5 Å². The van der Waals surface area contributed by atoms with E-state index in [4.69, 9.17) is 14.6 Å². The second-order valence-corrected chi connectivity index (χ2v) is 5.53. The number of rotatable bonds is 6. The lowest BCUT2D eigenvalue weighted by molar-refractivity contribution is -0.0612. The average Bonchev–Trinajstić information content (AvgIpc) is 2.54. The SMILES string of the molecule is CC(C)c1nccc(C(=O)N[C@@H]2COCC[C@@H]2OCCO)n1. The molecule has 0 unspecified atom stereocenters. The van der Waals surface area contributed by atoms with Crippen LogP contribution in [0.1, 0.15) is 42.5 Å². The van der Waals surface area contributed by atoms with E-state index in [1.165, 1.54) is 0 Å². The van der Waals surface area contributed by atoms with Gasteiger partial charge in [-0.3, -0.25) is 4.79 Å². The summed E-state index contributed by atoms with van der Waals surface area (Å²) < 4.78 is 11.0. The van der Waals surface area contributed by atoms with Gasteiger partial charge in [-0.1, -0.05) is 13.8 Å². The fourth-order valence-corrected chi connectivity index (χ4v) is 2.28. The van der Waals surface area contributed by atoms with Crippen LogP contribution in [-0.2, 0) is 9.47 Å². The molecule has 0 bridgehead atoms. The molecular weight excluding hydrogens is 286 g/mol. The highest BCUT2D eigenvalue weighted by Crippen LogP contribution is 2.13. The fourth-order valence-electron chi connectivity index (χ4n) is 2.28. The first-order chi connectivity index (χ1) is 10.6. The summed E-state index contributed by atoms with van der Waals surface area (Å²) in [5, 5.41) is 11.8. The maximum atomic E-state index is 12.3. The van der Waals surface area contributed by atoms with Crippen LogP contribution in [0.5, 0.6) is 0 Å². The van der Waals surface area contributed by atoms with Crippen LogP contribution in [0.15, 0.2) is 12.3 Å². The predicted octanol–water partition coefficient (Wildman–Crippen LogP) is 0.496. The number of ether oxygens (including phenoxy) is 2. The zero-order valence-electron chi connectivity index (χ0n) is 13.0. The van der Waals surface area contributed by atoms with Gasteiger partial charge in [-0.05, 0) is 12.5 Å². The smallest absolute Gasteiger partial charge is 0.270 e. The third kappa shape index (κ3) is 4.46. The topological polar surface area (TPSA) is 93.6 Å². The summed E-state index contributed by atoms with van der Waals surface area (Å²) in [7, 11) is 0. The first-order valence-corrected chi connectivity index (χ1v) is 7.55. The van der Waals surface area contributed by atoms with E-state index >= 15 is 0 Å². The van der Waals surface area contributed by atoms with Crippen molar-refractivity contribution in [3.05, 3.63) is 23.8 Å². The van der Waals surface area contributed by atoms with E-state index in [2.05, 4.69) is 15.3 Å². The van der Waals surface area contributed by atoms with Crippen molar-refractivity contribution in [2.24, 2.45) is 0 Å². The van der Waals surface area contributed by atoms with E-state index in [-0.39, 0.29) is 37.2 Å². The van der Waals surface area contributed by atoms with Crippen molar-refractivity contribution in [2.75, 3.05) is 26.4 Å². The average molecular weight is 309 g/mol. The first-order valence-electron chi connectivity index (χ1n) is 7.55. The van der Waals surface area contributed by atoms with Crippen LogP contribution in [0.4, 0.5) is 0 Å². The molecule has 22 heavy (non-hydrogen) atoms. The van der Waals surface area contributed by atoms with Gasteiger partial charge in [0, 0.05) is 18.7 Å². The van der Waals surface area contributed by atoms with Crippen molar-refractivity contribution in [3.8, 4) is 0 Å². The lowest BCUT2D eigenvalue weighted by Gasteiger charge is -2.31. The summed E-state index contributed by atoms with van der Waals surface area (Å²) in [6, 6.07) is 1.35. The van der Waals surface area contributed by atoms with Crippen LogP contribution in [0.25, 0.3) is 0 Å². The number of carbonyl (C=O) groups excluding carboxylic acids is 1. The maximum Gasteiger partial charge on any atom is 0.270 e. The summed E-state index contributed by atoms with van der Waals surface area (Å²) in [6.07, 6.45) is 2.12. The summed E-state index contributed by atoms with van der Waals surface area (Å²) in [5.74, 6) is 0.532. The maximum absolute atomic E-state index is 12.3. The van der Waals surface area contributed by atoms with Crippen molar-refractivity contribution in [1.82, 2.24) is 15.3 Å². The predicted molar refractivity (Wildman–Crippen MR) is 79.6 cm³/mol. The molecule has 0 saturated carbocycles. The Balaban J connectivity index is 2.01. The lowest BCUT2D eigenvalue weighted by atomic mass is 10.1. The molecule has 2 N–H and O–H groups in total. The van der Waals surface area contributed by atoms with Gasteiger partial charge in [0.15, 0.2) is 0 Å². The Kier molecular flexibility index (Phi) is 6.23. The standard InChI is InChI=1S/C15H23N3O4/c1-10(2)14-16-5-3-11(17-14)15(20)18-12-9-21-7-4-13(12)22-8-6-19/h3,5,10,12-13,19H,4,6-9H2,1-2H3,(H,18,20)/t12-,13+/m1/s1. The molecule has 0 aliphatic carbocycles. The van der Waals surface area contributed by atoms with Crippen molar-refractivity contribution in [3.63, 3.8) is 0 Å². The van der Waals surface area contributed by atoms with Gasteiger partial charge in [0.2, 0.25) is 0 Å². The van der Waals surface area contributed by atoms with E-state index in [0.29, 0.717) is 31.2 Å². The normalized spacial score (nSPS) is 21.8. The molecule has 1 aromatic rings. The molecule has 2 heterocycles. The Bertz CT molecular complexity index is 495. The van der Waals surface area contributed by atoms with E-state index in [1.54, 1.807) is 12.3 Å². The van der Waals surface area contributed by atoms with Crippen molar-refractivity contribution < 1.29 is 19.4 Å². The number of aromatic nitrogens is 2. The molecular formula is C15H23N3O4. The highest BCUT2D eigenvalue weighted by molar-refractivity contribution is 5.92. The molecule has 7 nitrogen and oxygen atoms in total. The minimum Gasteiger partial charge on any atom is -0.394 e. The number of nitrogens with one attached hydrogen (secondary N) is 1. The van der Waals surface area contributed by atoms with Gasteiger partial charge in [-0.15, -0.1) is 0 Å². The van der Waals surface area contributed by atoms with E-state index in [9.17, 15) is 4.79 Å². The quantitative estimate of drug-likeness (QED) is 0.794. The summed E-state index contributed by atoms with van der Waals surface area (Å²) in [6.45, 7) is 5.15. The van der Waals surface area contributed by atoms with Crippen LogP contribution < -0.4 is 5.32 Å². The Morgan fingerprint density at radius 2 is 2.41 bits per heavy atom. The summed E-state index contributed by atoms with van der Waals surface area (Å²) >= 11 is 0. The summed E-state index contributed by atoms with van der Waals surface area (Å²) in [5.41, 5.74) is 0.338. The second kappa shape index (κ2) is 8.17. The minimum absolute atomic E-state index is 0.0400. The molecule has 1 aliphatic rings. The highest BCUT2D eigenvalue weighted by atomic mass is 16.5. The molecule has 1 saturated heterocycles. The third-order valence-corrected chi connectivity index (χ3v) is 3.46. The Hall–Kier alpha value is -1.57. The van der Waals surface area contributed by atoms with Gasteiger partial charge < -0.3 is 19.9 Å². The number of hydrogen-bond acceptors (Lipinski definition) is 6. The van der Waals surface area contributed by atoms with Gasteiger partial charge in [0.05, 0.1) is 32.0 Å². The van der Waals surface area contributed by atoms with Crippen LogP contribution in [0.3, 0.4) is 0 Å². The number of amides is 1. The van der Waals surface area contributed by atoms with Gasteiger partial charge >= 0.3 is 0 Å². The zero-order valence-corrected chi connectivity index (χ0v) is 13.0. The molecule has 1 aromatic heterocycles. The van der Waals surface area contributed by atoms with Crippen LogP contribution >= 0.6 is 0 Å². The Morgan fingerprint density at radius 3 is 3.14 bits per heavy atom. The van der Waals surface area contributed by atoms with Crippen LogP contribution in [0.2, 0.25) is 0 Å². The largest absolute Gasteiger partial charge is 0.394 e. The van der Waals surface area contributed by atoms with Crippen LogP contribution in [-0.4, -0.2) is 59.6 Å². The monoisotopic (exact) mass is 309 g/mol. The van der Waals surface area contributed by atoms with Crippen molar-refractivity contribution in [2.45, 2.75) is 38.3 Å². The molecule has 0 spiro atoms. The number of aliphatic hydroxyl groups is 1. The molecule has 2 rings (SSSR count). The van der Waals surface area contributed by atoms with Crippen LogP contribution in [0, 0.1) is 0 Å². The number of carbonyl (C=O) groups is 1. The van der Waals surface area contributed by atoms with Gasteiger partial charge in [-0.25, -0.2) is 9.97 Å². The zero-order chi connectivity index (χ0) is 15.9. The molecule has 122 valence electrons. The number of hydrogen-bond donors (Lipinski definition) is 2. The van der Waals surface area contributed by atoms with Gasteiger partial charge in [0.25, 0.3) is 5.91 Å². The van der Waals surface area contributed by atoms with Crippen molar-refractivity contribution in [1.29, 1.82) is 0 Å². The second-order valence-electron chi connectivity index (χ2n) is 5.53. The molecule has 7 heteroatoms. The first kappa shape index (κ1) is 16.8. The van der Waals surface area contributed by atoms with E-state index < -0.39 is 0 Å². The third-order valence-electron chi connectivity index (χ3n) is 3.46. The fraction of sp³-hybridized carbons (Fsp3) is 0.667. The minimum atomic E-state index is -0.266.